The third-order valence-electron chi connectivity index (χ3n) is 1.96. The lowest BCUT2D eigenvalue weighted by Crippen LogP contribution is -1.84. The second-order valence-electron chi connectivity index (χ2n) is 3.00. The summed E-state index contributed by atoms with van der Waals surface area (Å²) in [7, 11) is 0. The van der Waals surface area contributed by atoms with Gasteiger partial charge in [-0.05, 0) is 31.2 Å². The lowest BCUT2D eigenvalue weighted by atomic mass is 10.1. The summed E-state index contributed by atoms with van der Waals surface area (Å²) in [6.45, 7) is 2.04. The van der Waals surface area contributed by atoms with Crippen molar-refractivity contribution in [2.24, 2.45) is 0 Å². The SMILES string of the molecule is Cc1ccc2nc(C#N)ccc2c1. The van der Waals surface area contributed by atoms with Crippen molar-refractivity contribution in [2.45, 2.75) is 6.92 Å². The van der Waals surface area contributed by atoms with Crippen LogP contribution in [0.3, 0.4) is 0 Å². The van der Waals surface area contributed by atoms with Gasteiger partial charge in [-0.1, -0.05) is 11.6 Å². The predicted octanol–water partition coefficient (Wildman–Crippen LogP) is 2.41. The van der Waals surface area contributed by atoms with Gasteiger partial charge in [0.1, 0.15) is 11.8 Å². The minimum atomic E-state index is 0.469. The van der Waals surface area contributed by atoms with Crippen LogP contribution in [0.5, 0.6) is 0 Å². The van der Waals surface area contributed by atoms with Crippen LogP contribution in [0.25, 0.3) is 10.9 Å². The summed E-state index contributed by atoms with van der Waals surface area (Å²) in [5.41, 5.74) is 2.56. The van der Waals surface area contributed by atoms with E-state index in [0.29, 0.717) is 5.69 Å². The monoisotopic (exact) mass is 168 g/mol. The standard InChI is InChI=1S/C11H8N2/c1-8-2-5-11-9(6-8)3-4-10(7-12)13-11/h2-6H,1H3. The lowest BCUT2D eigenvalue weighted by Gasteiger charge is -1.97. The van der Waals surface area contributed by atoms with Crippen LogP contribution in [0, 0.1) is 18.3 Å². The third kappa shape index (κ3) is 1.36. The molecule has 0 fully saturated rings. The van der Waals surface area contributed by atoms with E-state index in [4.69, 9.17) is 5.26 Å². The number of nitriles is 1. The van der Waals surface area contributed by atoms with Gasteiger partial charge < -0.3 is 0 Å². The highest BCUT2D eigenvalue weighted by Crippen LogP contribution is 2.13. The minimum absolute atomic E-state index is 0.469. The first kappa shape index (κ1) is 7.75. The van der Waals surface area contributed by atoms with E-state index in [1.165, 1.54) is 5.56 Å². The Morgan fingerprint density at radius 3 is 2.85 bits per heavy atom. The molecule has 2 heteroatoms. The number of pyridine rings is 1. The second-order valence-corrected chi connectivity index (χ2v) is 3.00. The molecule has 0 N–H and O–H groups in total. The van der Waals surface area contributed by atoms with Crippen molar-refractivity contribution >= 4 is 10.9 Å². The van der Waals surface area contributed by atoms with Gasteiger partial charge >= 0.3 is 0 Å². The summed E-state index contributed by atoms with van der Waals surface area (Å²) >= 11 is 0. The Bertz CT molecular complexity index is 495. The number of rotatable bonds is 0. The van der Waals surface area contributed by atoms with E-state index in [1.54, 1.807) is 6.07 Å². The molecule has 2 aromatic rings. The Morgan fingerprint density at radius 1 is 1.23 bits per heavy atom. The fourth-order valence-electron chi connectivity index (χ4n) is 1.31. The van der Waals surface area contributed by atoms with E-state index in [0.717, 1.165) is 10.9 Å². The highest BCUT2D eigenvalue weighted by molar-refractivity contribution is 5.79. The van der Waals surface area contributed by atoms with Crippen LogP contribution in [-0.2, 0) is 0 Å². The Balaban J connectivity index is 2.75. The third-order valence-corrected chi connectivity index (χ3v) is 1.96. The van der Waals surface area contributed by atoms with E-state index in [1.807, 2.05) is 31.2 Å². The molecule has 0 unspecified atom stereocenters. The van der Waals surface area contributed by atoms with Crippen molar-refractivity contribution in [1.82, 2.24) is 4.98 Å². The molecular formula is C11H8N2. The van der Waals surface area contributed by atoms with Crippen molar-refractivity contribution in [1.29, 1.82) is 5.26 Å². The number of aryl methyl sites for hydroxylation is 1. The topological polar surface area (TPSA) is 36.7 Å². The van der Waals surface area contributed by atoms with Crippen molar-refractivity contribution in [3.05, 3.63) is 41.6 Å². The summed E-state index contributed by atoms with van der Waals surface area (Å²) in [5, 5.41) is 9.72. The van der Waals surface area contributed by atoms with Crippen LogP contribution in [0.4, 0.5) is 0 Å². The van der Waals surface area contributed by atoms with E-state index in [2.05, 4.69) is 11.1 Å². The van der Waals surface area contributed by atoms with Gasteiger partial charge in [0.15, 0.2) is 0 Å². The van der Waals surface area contributed by atoms with Crippen LogP contribution in [0.2, 0.25) is 0 Å². The number of hydrogen-bond donors (Lipinski definition) is 0. The molecule has 0 aliphatic heterocycles. The molecule has 0 bridgehead atoms. The summed E-state index contributed by atoms with van der Waals surface area (Å²) in [4.78, 5) is 4.17. The highest BCUT2D eigenvalue weighted by atomic mass is 14.7. The number of benzene rings is 1. The molecule has 0 aliphatic carbocycles. The van der Waals surface area contributed by atoms with Gasteiger partial charge in [0, 0.05) is 5.39 Å². The molecule has 0 radical (unpaired) electrons. The largest absolute Gasteiger partial charge is 0.237 e. The van der Waals surface area contributed by atoms with Crippen molar-refractivity contribution in [3.63, 3.8) is 0 Å². The zero-order chi connectivity index (χ0) is 9.26. The van der Waals surface area contributed by atoms with Gasteiger partial charge in [-0.15, -0.1) is 0 Å². The summed E-state index contributed by atoms with van der Waals surface area (Å²) < 4.78 is 0. The normalized spacial score (nSPS) is 9.85. The van der Waals surface area contributed by atoms with Crippen LogP contribution in [0.1, 0.15) is 11.3 Å². The Morgan fingerprint density at radius 2 is 2.08 bits per heavy atom. The number of hydrogen-bond acceptors (Lipinski definition) is 2. The highest BCUT2D eigenvalue weighted by Gasteiger charge is 1.96. The maximum Gasteiger partial charge on any atom is 0.141 e. The fourth-order valence-corrected chi connectivity index (χ4v) is 1.31. The Labute approximate surface area is 76.5 Å². The molecule has 1 heterocycles. The molecule has 0 saturated heterocycles. The molecule has 1 aromatic carbocycles. The Kier molecular flexibility index (Phi) is 1.71. The smallest absolute Gasteiger partial charge is 0.141 e. The van der Waals surface area contributed by atoms with Gasteiger partial charge in [0.25, 0.3) is 0 Å². The zero-order valence-electron chi connectivity index (χ0n) is 7.28. The molecule has 13 heavy (non-hydrogen) atoms. The summed E-state index contributed by atoms with van der Waals surface area (Å²) in [6.07, 6.45) is 0. The second kappa shape index (κ2) is 2.87. The van der Waals surface area contributed by atoms with E-state index < -0.39 is 0 Å². The number of fused-ring (bicyclic) bond motifs is 1. The first-order valence-electron chi connectivity index (χ1n) is 4.07. The number of nitrogens with zero attached hydrogens (tertiary/aromatic N) is 2. The molecule has 2 nitrogen and oxygen atoms in total. The van der Waals surface area contributed by atoms with E-state index in [-0.39, 0.29) is 0 Å². The molecule has 2 rings (SSSR count). The van der Waals surface area contributed by atoms with Crippen molar-refractivity contribution in [2.75, 3.05) is 0 Å². The van der Waals surface area contributed by atoms with E-state index >= 15 is 0 Å². The Hall–Kier alpha value is -1.88. The summed E-state index contributed by atoms with van der Waals surface area (Å²) in [6, 6.07) is 11.7. The minimum Gasteiger partial charge on any atom is -0.237 e. The van der Waals surface area contributed by atoms with Crippen molar-refractivity contribution in [3.8, 4) is 6.07 Å². The number of aromatic nitrogens is 1. The molecule has 0 spiro atoms. The quantitative estimate of drug-likeness (QED) is 0.605. The molecule has 0 amide bonds. The van der Waals surface area contributed by atoms with E-state index in [9.17, 15) is 0 Å². The molecule has 0 aliphatic rings. The molecule has 0 atom stereocenters. The maximum atomic E-state index is 8.64. The van der Waals surface area contributed by atoms with Crippen LogP contribution >= 0.6 is 0 Å². The average Bonchev–Trinajstić information content (AvgIpc) is 2.17. The van der Waals surface area contributed by atoms with Gasteiger partial charge in [-0.3, -0.25) is 0 Å². The maximum absolute atomic E-state index is 8.64. The fraction of sp³-hybridized carbons (Fsp3) is 0.0909. The van der Waals surface area contributed by atoms with Gasteiger partial charge in [0.2, 0.25) is 0 Å². The lowest BCUT2D eigenvalue weighted by molar-refractivity contribution is 1.32. The predicted molar refractivity (Wildman–Crippen MR) is 51.2 cm³/mol. The van der Waals surface area contributed by atoms with Gasteiger partial charge in [-0.2, -0.15) is 5.26 Å². The molecule has 0 saturated carbocycles. The van der Waals surface area contributed by atoms with Crippen molar-refractivity contribution < 1.29 is 0 Å². The first-order chi connectivity index (χ1) is 6.29. The zero-order valence-corrected chi connectivity index (χ0v) is 7.28. The molecule has 62 valence electrons. The van der Waals surface area contributed by atoms with Crippen LogP contribution < -0.4 is 0 Å². The molecule has 1 aromatic heterocycles. The van der Waals surface area contributed by atoms with Gasteiger partial charge in [-0.25, -0.2) is 4.98 Å². The molecular weight excluding hydrogens is 160 g/mol. The first-order valence-corrected chi connectivity index (χ1v) is 4.07. The average molecular weight is 168 g/mol. The van der Waals surface area contributed by atoms with Crippen LogP contribution in [-0.4, -0.2) is 4.98 Å². The summed E-state index contributed by atoms with van der Waals surface area (Å²) in [5.74, 6) is 0. The van der Waals surface area contributed by atoms with Gasteiger partial charge in [0.05, 0.1) is 5.52 Å². The van der Waals surface area contributed by atoms with Crippen LogP contribution in [0.15, 0.2) is 30.3 Å².